The van der Waals surface area contributed by atoms with Crippen LogP contribution in [0.15, 0.2) is 71.5 Å². The van der Waals surface area contributed by atoms with Crippen LogP contribution in [0.3, 0.4) is 0 Å². The Morgan fingerprint density at radius 3 is 1.48 bits per heavy atom. The topological polar surface area (TPSA) is 276 Å². The monoisotopic (exact) mass is 1260 g/mol. The molecule has 7 N–H and O–H groups in total. The Hall–Kier alpha value is -7.93. The maximum atomic E-state index is 13.6. The Morgan fingerprint density at radius 2 is 1.07 bits per heavy atom. The van der Waals surface area contributed by atoms with Gasteiger partial charge in [-0.2, -0.15) is 0 Å². The van der Waals surface area contributed by atoms with Crippen LogP contribution in [0, 0.1) is 6.92 Å². The number of likely N-dealkylation sites (N-methyl/N-ethyl adjacent to an activating group) is 2. The number of nitrogens with one attached hydrogen (secondary N) is 4. The van der Waals surface area contributed by atoms with E-state index in [2.05, 4.69) is 59.9 Å². The first-order valence-corrected chi connectivity index (χ1v) is 32.2. The Kier molecular flexibility index (Phi) is 20.8. The van der Waals surface area contributed by atoms with Gasteiger partial charge in [-0.15, -0.1) is 0 Å². The summed E-state index contributed by atoms with van der Waals surface area (Å²) in [5, 5.41) is 45.6. The maximum Gasteiger partial charge on any atom is 0.410 e. The first-order valence-electron chi connectivity index (χ1n) is 32.2. The molecule has 24 heteroatoms. The standard InChI is InChI=1S/C36H49N7O6.C31H44N6O5/c1-23-31(48-22-38-23)21-47-28-10-9-24-16-29(43(20-26(24)15-28)35(46)49-36(2,3)4)30(44)19-37-34(45)25-17-32(39-27-7-6-8-27)40-33(18-25)42-13-11-41(5)12-14-42;1-31(2,3)42-30(41)37-19-22-14-24(38)9-8-20(22)15-25(37)26(39)18-32-29(40)21-16-27(33-23-6-5-7-23)34-28(17-21)36-12-10-35(4)11-13-36/h9-10,15,17-18,22,27,29-30,44H,6-8,11-14,16,19-21H2,1-5H3,(H,37,45)(H,39,40);8-9,14,16-17,23,25-26,38-39H,5-7,10-13,15,18-19H2,1-4H3,(H,32,40)(H,33,34)/t29-,30+;25-,26+/m00/s1. The van der Waals surface area contributed by atoms with Gasteiger partial charge in [-0.3, -0.25) is 19.4 Å². The molecular formula is C67H93N13O11. The van der Waals surface area contributed by atoms with Gasteiger partial charge in [0, 0.05) is 102 Å². The molecule has 4 aliphatic heterocycles. The third-order valence-corrected chi connectivity index (χ3v) is 17.7. The van der Waals surface area contributed by atoms with E-state index in [1.807, 2.05) is 64.1 Å². The van der Waals surface area contributed by atoms with Crippen molar-refractivity contribution in [3.05, 3.63) is 112 Å². The summed E-state index contributed by atoms with van der Waals surface area (Å²) in [5.74, 6) is 3.67. The average Bonchev–Trinajstić information content (AvgIpc) is 1.51. The molecule has 4 amide bonds. The van der Waals surface area contributed by atoms with Gasteiger partial charge >= 0.3 is 12.2 Å². The summed E-state index contributed by atoms with van der Waals surface area (Å²) >= 11 is 0. The third-order valence-electron chi connectivity index (χ3n) is 17.7. The number of amides is 4. The number of carbonyl (C=O) groups excluding carboxylic acids is 4. The number of phenolic OH excluding ortho intramolecular Hbond substituents is 1. The number of aromatic hydroxyl groups is 1. The number of pyridine rings is 2. The summed E-state index contributed by atoms with van der Waals surface area (Å²) < 4.78 is 22.8. The summed E-state index contributed by atoms with van der Waals surface area (Å²) in [7, 11) is 4.20. The van der Waals surface area contributed by atoms with E-state index in [1.54, 1.807) is 49.9 Å². The predicted molar refractivity (Wildman–Crippen MR) is 346 cm³/mol. The van der Waals surface area contributed by atoms with E-state index >= 15 is 0 Å². The molecule has 2 aromatic carbocycles. The summed E-state index contributed by atoms with van der Waals surface area (Å²) in [6.07, 6.45) is 5.68. The van der Waals surface area contributed by atoms with Gasteiger partial charge in [0.05, 0.1) is 30.0 Å². The minimum Gasteiger partial charge on any atom is -0.508 e. The number of aromatic nitrogens is 3. The highest BCUT2D eigenvalue weighted by atomic mass is 16.6. The molecule has 0 unspecified atom stereocenters. The number of carbonyl (C=O) groups is 4. The van der Waals surface area contributed by atoms with Crippen molar-refractivity contribution in [2.45, 2.75) is 167 Å². The molecule has 3 aromatic heterocycles. The number of piperazine rings is 2. The Labute approximate surface area is 534 Å². The Balaban J connectivity index is 0.000000202. The molecule has 11 rings (SSSR count). The zero-order valence-electron chi connectivity index (χ0n) is 54.3. The van der Waals surface area contributed by atoms with Gasteiger partial charge in [0.15, 0.2) is 12.2 Å². The number of oxazole rings is 1. The second-order valence-electron chi connectivity index (χ2n) is 27.2. The molecule has 0 bridgehead atoms. The van der Waals surface area contributed by atoms with Gasteiger partial charge < -0.3 is 74.8 Å². The van der Waals surface area contributed by atoms with Crippen LogP contribution in [0.5, 0.6) is 11.5 Å². The van der Waals surface area contributed by atoms with Crippen LogP contribution in [0.2, 0.25) is 0 Å². The van der Waals surface area contributed by atoms with Crippen LogP contribution in [0.4, 0.5) is 32.9 Å². The number of anilines is 4. The molecule has 0 spiro atoms. The first-order chi connectivity index (χ1) is 43.4. The summed E-state index contributed by atoms with van der Waals surface area (Å²) in [5.41, 5.74) is 3.88. The second-order valence-corrected chi connectivity index (χ2v) is 27.2. The number of aryl methyl sites for hydroxylation is 1. The van der Waals surface area contributed by atoms with Crippen molar-refractivity contribution in [1.82, 2.24) is 45.2 Å². The number of hydrogen-bond acceptors (Lipinski definition) is 20. The molecule has 5 aromatic rings. The number of hydrogen-bond donors (Lipinski definition) is 7. The quantitative estimate of drug-likeness (QED) is 0.0490. The molecule has 2 saturated carbocycles. The number of ether oxygens (including phenoxy) is 3. The van der Waals surface area contributed by atoms with Crippen LogP contribution in [0.25, 0.3) is 0 Å². The van der Waals surface area contributed by atoms with Gasteiger partial charge in [0.25, 0.3) is 11.8 Å². The lowest BCUT2D eigenvalue weighted by Gasteiger charge is -2.40. The van der Waals surface area contributed by atoms with Crippen LogP contribution < -0.4 is 35.8 Å². The second kappa shape index (κ2) is 28.7. The predicted octanol–water partition coefficient (Wildman–Crippen LogP) is 7.08. The minimum atomic E-state index is -1.05. The molecule has 24 nitrogen and oxygen atoms in total. The number of benzene rings is 2. The number of rotatable bonds is 17. The number of fused-ring (bicyclic) bond motifs is 2. The van der Waals surface area contributed by atoms with Crippen molar-refractivity contribution >= 4 is 47.3 Å². The van der Waals surface area contributed by atoms with Crippen molar-refractivity contribution in [3.8, 4) is 11.5 Å². The average molecular weight is 1260 g/mol. The van der Waals surface area contributed by atoms with Crippen molar-refractivity contribution in [1.29, 1.82) is 0 Å². The Morgan fingerprint density at radius 1 is 0.615 bits per heavy atom. The largest absolute Gasteiger partial charge is 0.508 e. The molecule has 7 heterocycles. The molecule has 2 aliphatic carbocycles. The smallest absolute Gasteiger partial charge is 0.410 e. The van der Waals surface area contributed by atoms with Gasteiger partial charge in [0.2, 0.25) is 0 Å². The minimum absolute atomic E-state index is 0.0479. The summed E-state index contributed by atoms with van der Waals surface area (Å²) in [6.45, 7) is 20.2. The first kappa shape index (κ1) is 66.0. The molecule has 4 fully saturated rings. The highest BCUT2D eigenvalue weighted by molar-refractivity contribution is 5.96. The molecule has 0 radical (unpaired) electrons. The summed E-state index contributed by atoms with van der Waals surface area (Å²) in [6, 6.07) is 17.5. The lowest BCUT2D eigenvalue weighted by atomic mass is 9.91. The fourth-order valence-electron chi connectivity index (χ4n) is 11.8. The zero-order chi connectivity index (χ0) is 64.7. The fraction of sp³-hybridized carbons (Fsp3) is 0.567. The molecule has 2 saturated heterocycles. The van der Waals surface area contributed by atoms with E-state index in [0.717, 1.165) is 118 Å². The van der Waals surface area contributed by atoms with Crippen LogP contribution in [-0.4, -0.2) is 201 Å². The summed E-state index contributed by atoms with van der Waals surface area (Å²) in [4.78, 5) is 79.5. The highest BCUT2D eigenvalue weighted by Gasteiger charge is 2.39. The van der Waals surface area contributed by atoms with Gasteiger partial charge in [-0.25, -0.2) is 24.5 Å². The Bertz CT molecular complexity index is 3340. The number of nitrogens with zero attached hydrogens (tertiary/aromatic N) is 9. The highest BCUT2D eigenvalue weighted by Crippen LogP contribution is 2.34. The molecule has 6 aliphatic rings. The van der Waals surface area contributed by atoms with Crippen LogP contribution >= 0.6 is 0 Å². The zero-order valence-corrected chi connectivity index (χ0v) is 54.3. The van der Waals surface area contributed by atoms with E-state index in [9.17, 15) is 34.5 Å². The van der Waals surface area contributed by atoms with E-state index in [-0.39, 0.29) is 50.3 Å². The van der Waals surface area contributed by atoms with E-state index < -0.39 is 47.7 Å². The van der Waals surface area contributed by atoms with Crippen molar-refractivity contribution in [3.63, 3.8) is 0 Å². The number of aliphatic hydroxyl groups is 2. The number of aliphatic hydroxyl groups excluding tert-OH is 2. The van der Waals surface area contributed by atoms with Gasteiger partial charge in [-0.1, -0.05) is 12.1 Å². The van der Waals surface area contributed by atoms with Crippen LogP contribution in [0.1, 0.15) is 134 Å². The molecule has 492 valence electrons. The SMILES string of the molecule is CN1CCN(c2cc(C(=O)NC[C@@H](O)[C@@H]3Cc4ccc(O)cc4CN3C(=O)OC(C)(C)C)cc(NC3CCC3)n2)CC1.Cc1ncoc1COc1ccc2c(c1)CN(C(=O)OC(C)(C)C)[C@H]([C@H](O)CNC(=O)c1cc(NC3CCC3)nc(N3CCN(C)CC3)c1)C2. The van der Waals surface area contributed by atoms with E-state index in [4.69, 9.17) is 28.6 Å². The third kappa shape index (κ3) is 17.6. The lowest BCUT2D eigenvalue weighted by molar-refractivity contribution is -0.0118. The van der Waals surface area contributed by atoms with Gasteiger partial charge in [-0.05, 0) is 185 Å². The van der Waals surface area contributed by atoms with E-state index in [1.165, 1.54) is 24.1 Å². The molecule has 4 atom stereocenters. The van der Waals surface area contributed by atoms with Crippen molar-refractivity contribution < 1.29 is 53.1 Å². The maximum absolute atomic E-state index is 13.6. The number of phenols is 1. The van der Waals surface area contributed by atoms with Crippen LogP contribution in [-0.2, 0) is 42.0 Å². The molecule has 91 heavy (non-hydrogen) atoms. The normalized spacial score (nSPS) is 19.7. The fourth-order valence-corrected chi connectivity index (χ4v) is 11.8. The van der Waals surface area contributed by atoms with Gasteiger partial charge in [0.1, 0.15) is 52.6 Å². The molecular weight excluding hydrogens is 1160 g/mol. The van der Waals surface area contributed by atoms with Crippen molar-refractivity contribution in [2.24, 2.45) is 0 Å². The lowest BCUT2D eigenvalue weighted by Crippen LogP contribution is -2.54. The van der Waals surface area contributed by atoms with E-state index in [0.29, 0.717) is 59.2 Å². The van der Waals surface area contributed by atoms with Crippen molar-refractivity contribution in [2.75, 3.05) is 100.0 Å².